The topological polar surface area (TPSA) is 53.0 Å². The van der Waals surface area contributed by atoms with Gasteiger partial charge < -0.3 is 9.84 Å². The summed E-state index contributed by atoms with van der Waals surface area (Å²) in [5.74, 6) is 0.464. The lowest BCUT2D eigenvalue weighted by Crippen LogP contribution is -2.53. The number of carbonyl (C=O) groups is 1. The van der Waals surface area contributed by atoms with Gasteiger partial charge in [0, 0.05) is 6.54 Å². The van der Waals surface area contributed by atoms with Crippen molar-refractivity contribution >= 4 is 6.09 Å². The number of fused-ring (bicyclic) bond motifs is 4. The van der Waals surface area contributed by atoms with Crippen molar-refractivity contribution in [2.75, 3.05) is 26.2 Å². The van der Waals surface area contributed by atoms with Gasteiger partial charge in [0.05, 0.1) is 18.7 Å². The minimum atomic E-state index is -0.699. The van der Waals surface area contributed by atoms with E-state index in [1.165, 1.54) is 0 Å². The van der Waals surface area contributed by atoms with E-state index >= 15 is 0 Å². The van der Waals surface area contributed by atoms with Crippen LogP contribution in [0.1, 0.15) is 41.7 Å². The maximum atomic E-state index is 13.3. The Kier molecular flexibility index (Phi) is 4.57. The molecule has 2 aromatic rings. The standard InChI is InChI=1S/C23H26N2O3/c26-20-14-25(23(27)28-21-15-24-12-10-16(21)11-13-24)22(17-6-2-1-3-7-17)19-9-5-4-8-18(19)20/h1-9,16,20-22,26H,10-15H2/t20-,21?,22-/m0/s1. The highest BCUT2D eigenvalue weighted by molar-refractivity contribution is 5.70. The molecule has 0 saturated carbocycles. The second-order valence-corrected chi connectivity index (χ2v) is 8.17. The van der Waals surface area contributed by atoms with Gasteiger partial charge in [-0.05, 0) is 48.5 Å². The summed E-state index contributed by atoms with van der Waals surface area (Å²) in [7, 11) is 0. The molecule has 0 radical (unpaired) electrons. The first-order chi connectivity index (χ1) is 13.7. The SMILES string of the molecule is O=C(OC1CN2CCC1CC2)N1C[C@H](O)c2ccccc2[C@@H]1c1ccccc1. The smallest absolute Gasteiger partial charge is 0.410 e. The summed E-state index contributed by atoms with van der Waals surface area (Å²) in [5, 5.41) is 10.7. The first-order valence-corrected chi connectivity index (χ1v) is 10.2. The molecule has 0 aliphatic carbocycles. The third-order valence-electron chi connectivity index (χ3n) is 6.53. The summed E-state index contributed by atoms with van der Waals surface area (Å²) in [6, 6.07) is 17.6. The molecule has 4 heterocycles. The highest BCUT2D eigenvalue weighted by Crippen LogP contribution is 2.40. The summed E-state index contributed by atoms with van der Waals surface area (Å²) in [6.45, 7) is 3.30. The van der Waals surface area contributed by atoms with Crippen molar-refractivity contribution in [2.24, 2.45) is 5.92 Å². The number of benzene rings is 2. The zero-order valence-electron chi connectivity index (χ0n) is 15.9. The van der Waals surface area contributed by atoms with Gasteiger partial charge in [0.2, 0.25) is 0 Å². The molecular formula is C23H26N2O3. The second-order valence-electron chi connectivity index (χ2n) is 8.17. The predicted octanol–water partition coefficient (Wildman–Crippen LogP) is 3.36. The molecule has 3 atom stereocenters. The van der Waals surface area contributed by atoms with Crippen LogP contribution in [0.4, 0.5) is 4.79 Å². The van der Waals surface area contributed by atoms with Crippen LogP contribution in [0.3, 0.4) is 0 Å². The molecule has 4 aliphatic heterocycles. The van der Waals surface area contributed by atoms with Crippen LogP contribution in [-0.2, 0) is 4.74 Å². The van der Waals surface area contributed by atoms with Gasteiger partial charge in [0.25, 0.3) is 0 Å². The number of nitrogens with zero attached hydrogens (tertiary/aromatic N) is 2. The van der Waals surface area contributed by atoms with Crippen molar-refractivity contribution in [3.8, 4) is 0 Å². The molecule has 0 aromatic heterocycles. The van der Waals surface area contributed by atoms with Gasteiger partial charge in [-0.15, -0.1) is 0 Å². The Bertz CT molecular complexity index is 848. The van der Waals surface area contributed by atoms with Gasteiger partial charge in [-0.25, -0.2) is 4.79 Å². The van der Waals surface area contributed by atoms with Crippen LogP contribution in [0, 0.1) is 5.92 Å². The van der Waals surface area contributed by atoms with Crippen LogP contribution in [-0.4, -0.2) is 53.3 Å². The fourth-order valence-corrected chi connectivity index (χ4v) is 5.04. The third-order valence-corrected chi connectivity index (χ3v) is 6.53. The fraction of sp³-hybridized carbons (Fsp3) is 0.435. The van der Waals surface area contributed by atoms with Crippen molar-refractivity contribution < 1.29 is 14.6 Å². The van der Waals surface area contributed by atoms with Crippen LogP contribution in [0.25, 0.3) is 0 Å². The Hall–Kier alpha value is -2.37. The molecule has 1 amide bonds. The fourth-order valence-electron chi connectivity index (χ4n) is 5.04. The highest BCUT2D eigenvalue weighted by Gasteiger charge is 2.41. The molecule has 6 rings (SSSR count). The van der Waals surface area contributed by atoms with E-state index in [1.807, 2.05) is 54.6 Å². The normalized spacial score (nSPS) is 31.3. The zero-order chi connectivity index (χ0) is 19.1. The summed E-state index contributed by atoms with van der Waals surface area (Å²) < 4.78 is 6.01. The van der Waals surface area contributed by atoms with Crippen molar-refractivity contribution in [1.29, 1.82) is 0 Å². The number of ether oxygens (including phenoxy) is 1. The lowest BCUT2D eigenvalue weighted by molar-refractivity contribution is -0.0506. The van der Waals surface area contributed by atoms with Gasteiger partial charge in [0.15, 0.2) is 0 Å². The van der Waals surface area contributed by atoms with Crippen LogP contribution < -0.4 is 0 Å². The number of β-amino-alcohol motifs (C(OH)–C–C–N with tert-alkyl or cyclic N) is 1. The number of amides is 1. The number of rotatable bonds is 2. The molecule has 3 saturated heterocycles. The summed E-state index contributed by atoms with van der Waals surface area (Å²) in [6.07, 6.45) is 1.15. The first kappa shape index (κ1) is 17.7. The van der Waals surface area contributed by atoms with Crippen LogP contribution in [0.5, 0.6) is 0 Å². The van der Waals surface area contributed by atoms with Crippen LogP contribution in [0.2, 0.25) is 0 Å². The van der Waals surface area contributed by atoms with Gasteiger partial charge in [-0.1, -0.05) is 54.6 Å². The number of hydrogen-bond donors (Lipinski definition) is 1. The van der Waals surface area contributed by atoms with Crippen molar-refractivity contribution in [2.45, 2.75) is 31.1 Å². The average molecular weight is 378 g/mol. The van der Waals surface area contributed by atoms with Crippen molar-refractivity contribution in [3.05, 3.63) is 71.3 Å². The van der Waals surface area contributed by atoms with E-state index < -0.39 is 6.10 Å². The molecule has 5 heteroatoms. The van der Waals surface area contributed by atoms with E-state index in [9.17, 15) is 9.90 Å². The Morgan fingerprint density at radius 1 is 0.929 bits per heavy atom. The number of aliphatic hydroxyl groups excluding tert-OH is 1. The zero-order valence-corrected chi connectivity index (χ0v) is 15.9. The third kappa shape index (κ3) is 3.09. The minimum Gasteiger partial charge on any atom is -0.444 e. The summed E-state index contributed by atoms with van der Waals surface area (Å²) in [5.41, 5.74) is 2.90. The maximum Gasteiger partial charge on any atom is 0.410 e. The highest BCUT2D eigenvalue weighted by atomic mass is 16.6. The molecule has 3 fully saturated rings. The van der Waals surface area contributed by atoms with E-state index in [0.29, 0.717) is 5.92 Å². The minimum absolute atomic E-state index is 0.0410. The first-order valence-electron chi connectivity index (χ1n) is 10.2. The molecule has 5 nitrogen and oxygen atoms in total. The van der Waals surface area contributed by atoms with Gasteiger partial charge in [0.1, 0.15) is 6.10 Å². The second kappa shape index (κ2) is 7.22. The molecule has 1 N–H and O–H groups in total. The summed E-state index contributed by atoms with van der Waals surface area (Å²) in [4.78, 5) is 17.3. The molecule has 0 spiro atoms. The number of piperidine rings is 3. The Morgan fingerprint density at radius 3 is 2.29 bits per heavy atom. The van der Waals surface area contributed by atoms with Gasteiger partial charge in [-0.3, -0.25) is 9.80 Å². The van der Waals surface area contributed by atoms with E-state index in [0.717, 1.165) is 49.2 Å². The van der Waals surface area contributed by atoms with E-state index in [4.69, 9.17) is 4.74 Å². The molecule has 1 unspecified atom stereocenters. The number of carbonyl (C=O) groups excluding carboxylic acids is 1. The molecule has 2 bridgehead atoms. The molecule has 4 aliphatic rings. The average Bonchev–Trinajstić information content (AvgIpc) is 2.75. The van der Waals surface area contributed by atoms with Gasteiger partial charge in [-0.2, -0.15) is 0 Å². The lowest BCUT2D eigenvalue weighted by Gasteiger charge is -2.45. The molecule has 2 aromatic carbocycles. The monoisotopic (exact) mass is 378 g/mol. The van der Waals surface area contributed by atoms with Crippen molar-refractivity contribution in [1.82, 2.24) is 9.80 Å². The van der Waals surface area contributed by atoms with Crippen LogP contribution >= 0.6 is 0 Å². The van der Waals surface area contributed by atoms with E-state index in [2.05, 4.69) is 4.90 Å². The largest absolute Gasteiger partial charge is 0.444 e. The summed E-state index contributed by atoms with van der Waals surface area (Å²) >= 11 is 0. The number of hydrogen-bond acceptors (Lipinski definition) is 4. The Morgan fingerprint density at radius 2 is 1.61 bits per heavy atom. The molecule has 28 heavy (non-hydrogen) atoms. The van der Waals surface area contributed by atoms with Crippen molar-refractivity contribution in [3.63, 3.8) is 0 Å². The Labute approximate surface area is 165 Å². The maximum absolute atomic E-state index is 13.3. The van der Waals surface area contributed by atoms with E-state index in [1.54, 1.807) is 4.90 Å². The quantitative estimate of drug-likeness (QED) is 0.871. The van der Waals surface area contributed by atoms with Crippen LogP contribution in [0.15, 0.2) is 54.6 Å². The Balaban J connectivity index is 1.46. The van der Waals surface area contributed by atoms with Gasteiger partial charge >= 0.3 is 6.09 Å². The molecule has 146 valence electrons. The number of aliphatic hydroxyl groups is 1. The van der Waals surface area contributed by atoms with E-state index in [-0.39, 0.29) is 24.8 Å². The predicted molar refractivity (Wildman–Crippen MR) is 106 cm³/mol. The molecular weight excluding hydrogens is 352 g/mol. The lowest BCUT2D eigenvalue weighted by atomic mass is 9.85.